The van der Waals surface area contributed by atoms with E-state index in [1.54, 1.807) is 0 Å². The van der Waals surface area contributed by atoms with E-state index in [4.69, 9.17) is 9.52 Å². The van der Waals surface area contributed by atoms with Crippen molar-refractivity contribution in [2.24, 2.45) is 0 Å². The molecule has 0 unspecified atom stereocenters. The number of carboxylic acid groups (broad SMARTS) is 1. The number of carboxylic acids is 1. The third kappa shape index (κ3) is 2.97. The second-order valence-corrected chi connectivity index (χ2v) is 5.37. The zero-order valence-electron chi connectivity index (χ0n) is 11.3. The Balaban J connectivity index is 1.68. The summed E-state index contributed by atoms with van der Waals surface area (Å²) in [6.07, 6.45) is 2.60. The van der Waals surface area contributed by atoms with Gasteiger partial charge in [0.05, 0.1) is 0 Å². The highest BCUT2D eigenvalue weighted by molar-refractivity contribution is 5.94. The highest BCUT2D eigenvalue weighted by Crippen LogP contribution is 2.38. The van der Waals surface area contributed by atoms with E-state index in [-0.39, 0.29) is 23.0 Å². The summed E-state index contributed by atoms with van der Waals surface area (Å²) < 4.78 is 5.02. The standard InChI is InChI=1S/C16H15NO4/c18-14(12-6-7-13(21-12)15(19)20)17-16(8-9-16)10-11-4-2-1-3-5-11/h1-7H,8-10H2,(H,17,18)(H,19,20). The van der Waals surface area contributed by atoms with E-state index in [9.17, 15) is 9.59 Å². The van der Waals surface area contributed by atoms with Crippen LogP contribution in [-0.2, 0) is 6.42 Å². The molecule has 0 bridgehead atoms. The maximum Gasteiger partial charge on any atom is 0.371 e. The Morgan fingerprint density at radius 3 is 2.33 bits per heavy atom. The van der Waals surface area contributed by atoms with Crippen molar-refractivity contribution in [1.82, 2.24) is 5.32 Å². The molecule has 1 amide bonds. The summed E-state index contributed by atoms with van der Waals surface area (Å²) in [5.41, 5.74) is 0.940. The molecular formula is C16H15NO4. The van der Waals surface area contributed by atoms with Gasteiger partial charge in [-0.1, -0.05) is 30.3 Å². The molecule has 2 aromatic rings. The van der Waals surface area contributed by atoms with E-state index in [0.29, 0.717) is 0 Å². The van der Waals surface area contributed by atoms with Gasteiger partial charge in [0.15, 0.2) is 5.76 Å². The Bertz CT molecular complexity index is 671. The molecule has 1 aliphatic rings. The van der Waals surface area contributed by atoms with Crippen molar-refractivity contribution >= 4 is 11.9 Å². The number of aromatic carboxylic acids is 1. The van der Waals surface area contributed by atoms with Gasteiger partial charge < -0.3 is 14.8 Å². The number of amides is 1. The second kappa shape index (κ2) is 5.09. The Hall–Kier alpha value is -2.56. The first-order valence-corrected chi connectivity index (χ1v) is 6.78. The maximum absolute atomic E-state index is 12.1. The van der Waals surface area contributed by atoms with Gasteiger partial charge in [0, 0.05) is 5.54 Å². The van der Waals surface area contributed by atoms with Crippen LogP contribution in [0.1, 0.15) is 39.5 Å². The number of furan rings is 1. The molecule has 1 fully saturated rings. The Morgan fingerprint density at radius 2 is 1.76 bits per heavy atom. The van der Waals surface area contributed by atoms with Gasteiger partial charge in [-0.3, -0.25) is 4.79 Å². The van der Waals surface area contributed by atoms with Gasteiger partial charge in [0.1, 0.15) is 0 Å². The van der Waals surface area contributed by atoms with Gasteiger partial charge >= 0.3 is 5.97 Å². The van der Waals surface area contributed by atoms with Crippen LogP contribution >= 0.6 is 0 Å². The van der Waals surface area contributed by atoms with Crippen LogP contribution in [0.2, 0.25) is 0 Å². The Labute approximate surface area is 121 Å². The van der Waals surface area contributed by atoms with E-state index in [0.717, 1.165) is 19.3 Å². The summed E-state index contributed by atoms with van der Waals surface area (Å²) in [5, 5.41) is 11.8. The van der Waals surface area contributed by atoms with Crippen molar-refractivity contribution in [1.29, 1.82) is 0 Å². The number of hydrogen-bond donors (Lipinski definition) is 2. The highest BCUT2D eigenvalue weighted by atomic mass is 16.4. The molecule has 0 radical (unpaired) electrons. The molecular weight excluding hydrogens is 270 g/mol. The normalized spacial score (nSPS) is 15.4. The van der Waals surface area contributed by atoms with Gasteiger partial charge in [0.25, 0.3) is 5.91 Å². The topological polar surface area (TPSA) is 79.5 Å². The van der Waals surface area contributed by atoms with Crippen LogP contribution in [0.5, 0.6) is 0 Å². The number of rotatable bonds is 5. The SMILES string of the molecule is O=C(O)c1ccc(C(=O)NC2(Cc3ccccc3)CC2)o1. The lowest BCUT2D eigenvalue weighted by Gasteiger charge is -2.16. The summed E-state index contributed by atoms with van der Waals surface area (Å²) in [6, 6.07) is 12.6. The fraction of sp³-hybridized carbons (Fsp3) is 0.250. The van der Waals surface area contributed by atoms with Crippen LogP contribution in [0.15, 0.2) is 46.9 Å². The monoisotopic (exact) mass is 285 g/mol. The summed E-state index contributed by atoms with van der Waals surface area (Å²) in [5.74, 6) is -1.74. The number of benzene rings is 1. The van der Waals surface area contributed by atoms with Gasteiger partial charge in [0.2, 0.25) is 5.76 Å². The molecule has 21 heavy (non-hydrogen) atoms. The van der Waals surface area contributed by atoms with Crippen molar-refractivity contribution < 1.29 is 19.1 Å². The fourth-order valence-corrected chi connectivity index (χ4v) is 2.36. The fourth-order valence-electron chi connectivity index (χ4n) is 2.36. The predicted molar refractivity (Wildman–Crippen MR) is 75.2 cm³/mol. The van der Waals surface area contributed by atoms with Crippen LogP contribution in [-0.4, -0.2) is 22.5 Å². The second-order valence-electron chi connectivity index (χ2n) is 5.37. The quantitative estimate of drug-likeness (QED) is 0.884. The maximum atomic E-state index is 12.1. The first-order valence-electron chi connectivity index (χ1n) is 6.78. The smallest absolute Gasteiger partial charge is 0.371 e. The minimum atomic E-state index is -1.18. The molecule has 1 saturated carbocycles. The number of nitrogens with one attached hydrogen (secondary N) is 1. The molecule has 1 heterocycles. The first-order chi connectivity index (χ1) is 10.1. The summed E-state index contributed by atoms with van der Waals surface area (Å²) in [7, 11) is 0. The van der Waals surface area contributed by atoms with E-state index < -0.39 is 5.97 Å². The predicted octanol–water partition coefficient (Wildman–Crippen LogP) is 2.48. The third-order valence-electron chi connectivity index (χ3n) is 3.66. The summed E-state index contributed by atoms with van der Waals surface area (Å²) >= 11 is 0. The molecule has 5 nitrogen and oxygen atoms in total. The van der Waals surface area contributed by atoms with Crippen LogP contribution in [0, 0.1) is 0 Å². The molecule has 0 aliphatic heterocycles. The van der Waals surface area contributed by atoms with Crippen molar-refractivity contribution in [2.75, 3.05) is 0 Å². The minimum Gasteiger partial charge on any atom is -0.475 e. The van der Waals surface area contributed by atoms with Crippen LogP contribution in [0.4, 0.5) is 0 Å². The lowest BCUT2D eigenvalue weighted by atomic mass is 10.0. The lowest BCUT2D eigenvalue weighted by Crippen LogP contribution is -2.38. The van der Waals surface area contributed by atoms with E-state index in [1.807, 2.05) is 30.3 Å². The molecule has 2 N–H and O–H groups in total. The van der Waals surface area contributed by atoms with E-state index in [2.05, 4.69) is 5.32 Å². The van der Waals surface area contributed by atoms with Crippen molar-refractivity contribution in [2.45, 2.75) is 24.8 Å². The highest BCUT2D eigenvalue weighted by Gasteiger charge is 2.44. The summed E-state index contributed by atoms with van der Waals surface area (Å²) in [6.45, 7) is 0. The molecule has 1 aliphatic carbocycles. The largest absolute Gasteiger partial charge is 0.475 e. The van der Waals surface area contributed by atoms with Crippen molar-refractivity contribution in [3.05, 3.63) is 59.5 Å². The first kappa shape index (κ1) is 13.4. The average molecular weight is 285 g/mol. The lowest BCUT2D eigenvalue weighted by molar-refractivity contribution is 0.0659. The summed E-state index contributed by atoms with van der Waals surface area (Å²) in [4.78, 5) is 22.9. The van der Waals surface area contributed by atoms with Crippen molar-refractivity contribution in [3.8, 4) is 0 Å². The van der Waals surface area contributed by atoms with E-state index in [1.165, 1.54) is 17.7 Å². The number of carbonyl (C=O) groups is 2. The van der Waals surface area contributed by atoms with Crippen molar-refractivity contribution in [3.63, 3.8) is 0 Å². The molecule has 0 saturated heterocycles. The molecule has 1 aromatic heterocycles. The molecule has 1 aromatic carbocycles. The van der Waals surface area contributed by atoms with Crippen LogP contribution < -0.4 is 5.32 Å². The molecule has 108 valence electrons. The van der Waals surface area contributed by atoms with Gasteiger partial charge in [-0.05, 0) is 37.0 Å². The third-order valence-corrected chi connectivity index (χ3v) is 3.66. The van der Waals surface area contributed by atoms with Gasteiger partial charge in [-0.15, -0.1) is 0 Å². The molecule has 5 heteroatoms. The Morgan fingerprint density at radius 1 is 1.10 bits per heavy atom. The average Bonchev–Trinajstić information content (AvgIpc) is 3.03. The molecule has 0 atom stereocenters. The zero-order chi connectivity index (χ0) is 14.9. The van der Waals surface area contributed by atoms with E-state index >= 15 is 0 Å². The minimum absolute atomic E-state index is 0.0340. The van der Waals surface area contributed by atoms with Crippen LogP contribution in [0.3, 0.4) is 0 Å². The number of carbonyl (C=O) groups excluding carboxylic acids is 1. The molecule has 0 spiro atoms. The van der Waals surface area contributed by atoms with Crippen LogP contribution in [0.25, 0.3) is 0 Å². The van der Waals surface area contributed by atoms with Gasteiger partial charge in [-0.2, -0.15) is 0 Å². The Kier molecular flexibility index (Phi) is 3.25. The number of hydrogen-bond acceptors (Lipinski definition) is 3. The zero-order valence-corrected chi connectivity index (χ0v) is 11.3. The molecule has 3 rings (SSSR count). The van der Waals surface area contributed by atoms with Gasteiger partial charge in [-0.25, -0.2) is 4.79 Å².